The minimum absolute atomic E-state index is 0.161. The highest BCUT2D eigenvalue weighted by molar-refractivity contribution is 5.80. The van der Waals surface area contributed by atoms with Crippen LogP contribution in [0.5, 0.6) is 0 Å². The number of likely N-dealkylation sites (tertiary alicyclic amines) is 1. The Balaban J connectivity index is 1.64. The van der Waals surface area contributed by atoms with Crippen molar-refractivity contribution >= 4 is 11.8 Å². The van der Waals surface area contributed by atoms with Crippen molar-refractivity contribution in [1.29, 1.82) is 0 Å². The number of rotatable bonds is 1. The number of carbonyl (C=O) groups excluding carboxylic acids is 2. The normalized spacial score (nSPS) is 36.4. The lowest BCUT2D eigenvalue weighted by molar-refractivity contribution is -0.141. The van der Waals surface area contributed by atoms with Gasteiger partial charge in [0.15, 0.2) is 0 Å². The second-order valence-corrected chi connectivity index (χ2v) is 7.48. The van der Waals surface area contributed by atoms with Crippen molar-refractivity contribution in [1.82, 2.24) is 10.2 Å². The van der Waals surface area contributed by atoms with Crippen LogP contribution < -0.4 is 5.32 Å². The van der Waals surface area contributed by atoms with Crippen LogP contribution in [0.25, 0.3) is 0 Å². The number of nitrogens with one attached hydrogen (secondary N) is 1. The van der Waals surface area contributed by atoms with Gasteiger partial charge in [-0.3, -0.25) is 9.59 Å². The molecule has 3 fully saturated rings. The molecule has 1 N–H and O–H groups in total. The Morgan fingerprint density at radius 3 is 2.80 bits per heavy atom. The maximum absolute atomic E-state index is 12.8. The summed E-state index contributed by atoms with van der Waals surface area (Å²) in [7, 11) is 0. The summed E-state index contributed by atoms with van der Waals surface area (Å²) in [6.07, 6.45) is 5.88. The maximum Gasteiger partial charge on any atom is 0.226 e. The topological polar surface area (TPSA) is 49.4 Å². The van der Waals surface area contributed by atoms with Gasteiger partial charge in [0, 0.05) is 31.5 Å². The van der Waals surface area contributed by atoms with Gasteiger partial charge in [0.1, 0.15) is 0 Å². The molecule has 0 spiro atoms. The number of hydrogen-bond acceptors (Lipinski definition) is 2. The summed E-state index contributed by atoms with van der Waals surface area (Å²) >= 11 is 0. The molecular formula is C16H26N2O2. The van der Waals surface area contributed by atoms with Crippen molar-refractivity contribution in [3.05, 3.63) is 0 Å². The van der Waals surface area contributed by atoms with Crippen LogP contribution in [-0.4, -0.2) is 35.8 Å². The maximum atomic E-state index is 12.8. The molecule has 20 heavy (non-hydrogen) atoms. The van der Waals surface area contributed by atoms with E-state index >= 15 is 0 Å². The van der Waals surface area contributed by atoms with Crippen LogP contribution >= 0.6 is 0 Å². The van der Waals surface area contributed by atoms with Gasteiger partial charge in [-0.25, -0.2) is 0 Å². The lowest BCUT2D eigenvalue weighted by Gasteiger charge is -2.43. The standard InChI is InChI=1S/C16H26N2O2/c1-16(2)8-3-4-12(16)15(20)18-9-7-13-11(10-18)5-6-14(19)17-13/h11-13H,3-10H2,1-2H3,(H,17,19). The Morgan fingerprint density at radius 1 is 1.30 bits per heavy atom. The van der Waals surface area contributed by atoms with Crippen LogP contribution in [0, 0.1) is 17.3 Å². The Morgan fingerprint density at radius 2 is 2.10 bits per heavy atom. The van der Waals surface area contributed by atoms with Crippen molar-refractivity contribution in [3.63, 3.8) is 0 Å². The molecular weight excluding hydrogens is 252 g/mol. The molecule has 4 nitrogen and oxygen atoms in total. The molecule has 3 unspecified atom stereocenters. The van der Waals surface area contributed by atoms with Gasteiger partial charge in [0.05, 0.1) is 0 Å². The molecule has 2 saturated heterocycles. The number of fused-ring (bicyclic) bond motifs is 1. The summed E-state index contributed by atoms with van der Waals surface area (Å²) < 4.78 is 0. The fraction of sp³-hybridized carbons (Fsp3) is 0.875. The molecule has 0 bridgehead atoms. The number of carbonyl (C=O) groups is 2. The quantitative estimate of drug-likeness (QED) is 0.797. The molecule has 1 aliphatic carbocycles. The lowest BCUT2D eigenvalue weighted by atomic mass is 9.79. The smallest absolute Gasteiger partial charge is 0.226 e. The fourth-order valence-electron chi connectivity index (χ4n) is 4.32. The van der Waals surface area contributed by atoms with E-state index < -0.39 is 0 Å². The van der Waals surface area contributed by atoms with Crippen molar-refractivity contribution < 1.29 is 9.59 Å². The Kier molecular flexibility index (Phi) is 3.51. The molecule has 0 aromatic carbocycles. The molecule has 0 aromatic rings. The highest BCUT2D eigenvalue weighted by Gasteiger charge is 2.43. The third-order valence-corrected chi connectivity index (χ3v) is 5.69. The van der Waals surface area contributed by atoms with Gasteiger partial charge in [-0.05, 0) is 37.0 Å². The van der Waals surface area contributed by atoms with Crippen LogP contribution in [0.3, 0.4) is 0 Å². The summed E-state index contributed by atoms with van der Waals surface area (Å²) in [6, 6.07) is 0.303. The van der Waals surface area contributed by atoms with Crippen LogP contribution in [0.15, 0.2) is 0 Å². The summed E-state index contributed by atoms with van der Waals surface area (Å²) in [5.41, 5.74) is 0.161. The predicted molar refractivity (Wildman–Crippen MR) is 77.0 cm³/mol. The molecule has 2 amide bonds. The van der Waals surface area contributed by atoms with E-state index in [1.54, 1.807) is 0 Å². The Hall–Kier alpha value is -1.06. The minimum atomic E-state index is 0.161. The molecule has 2 aliphatic heterocycles. The van der Waals surface area contributed by atoms with Crippen molar-refractivity contribution in [2.75, 3.05) is 13.1 Å². The molecule has 3 rings (SSSR count). The van der Waals surface area contributed by atoms with Gasteiger partial charge in [-0.2, -0.15) is 0 Å². The number of piperidine rings is 2. The van der Waals surface area contributed by atoms with Crippen LogP contribution in [-0.2, 0) is 9.59 Å². The first-order chi connectivity index (χ1) is 9.47. The van der Waals surface area contributed by atoms with E-state index in [0.29, 0.717) is 24.3 Å². The first kappa shape index (κ1) is 13.9. The molecule has 0 radical (unpaired) electrons. The molecule has 2 heterocycles. The Labute approximate surface area is 121 Å². The third kappa shape index (κ3) is 2.45. The highest BCUT2D eigenvalue weighted by atomic mass is 16.2. The molecule has 4 heteroatoms. The zero-order chi connectivity index (χ0) is 14.3. The van der Waals surface area contributed by atoms with E-state index in [1.807, 2.05) is 0 Å². The molecule has 3 atom stereocenters. The number of nitrogens with zero attached hydrogens (tertiary/aromatic N) is 1. The average molecular weight is 278 g/mol. The highest BCUT2D eigenvalue weighted by Crippen LogP contribution is 2.44. The van der Waals surface area contributed by atoms with Crippen molar-refractivity contribution in [3.8, 4) is 0 Å². The second-order valence-electron chi connectivity index (χ2n) is 7.48. The molecule has 112 valence electrons. The summed E-state index contributed by atoms with van der Waals surface area (Å²) in [6.45, 7) is 6.12. The van der Waals surface area contributed by atoms with Gasteiger partial charge in [-0.15, -0.1) is 0 Å². The summed E-state index contributed by atoms with van der Waals surface area (Å²) in [5, 5.41) is 3.09. The summed E-state index contributed by atoms with van der Waals surface area (Å²) in [5.74, 6) is 1.22. The van der Waals surface area contributed by atoms with Crippen molar-refractivity contribution in [2.24, 2.45) is 17.3 Å². The fourth-order valence-corrected chi connectivity index (χ4v) is 4.32. The van der Waals surface area contributed by atoms with E-state index in [0.717, 1.165) is 32.4 Å². The minimum Gasteiger partial charge on any atom is -0.353 e. The first-order valence-corrected chi connectivity index (χ1v) is 8.05. The lowest BCUT2D eigenvalue weighted by Crippen LogP contribution is -2.56. The van der Waals surface area contributed by atoms with E-state index in [2.05, 4.69) is 24.1 Å². The zero-order valence-corrected chi connectivity index (χ0v) is 12.7. The van der Waals surface area contributed by atoms with Crippen LogP contribution in [0.4, 0.5) is 0 Å². The second kappa shape index (κ2) is 5.05. The van der Waals surface area contributed by atoms with Gasteiger partial charge < -0.3 is 10.2 Å². The van der Waals surface area contributed by atoms with Gasteiger partial charge in [0.25, 0.3) is 0 Å². The predicted octanol–water partition coefficient (Wildman–Crippen LogP) is 1.94. The van der Waals surface area contributed by atoms with E-state index in [9.17, 15) is 9.59 Å². The molecule has 1 saturated carbocycles. The van der Waals surface area contributed by atoms with Gasteiger partial charge in [0.2, 0.25) is 11.8 Å². The van der Waals surface area contributed by atoms with Gasteiger partial charge >= 0.3 is 0 Å². The van der Waals surface area contributed by atoms with E-state index in [-0.39, 0.29) is 17.2 Å². The van der Waals surface area contributed by atoms with Gasteiger partial charge in [-0.1, -0.05) is 20.3 Å². The number of hydrogen-bond donors (Lipinski definition) is 1. The first-order valence-electron chi connectivity index (χ1n) is 8.05. The van der Waals surface area contributed by atoms with Crippen LogP contribution in [0.2, 0.25) is 0 Å². The van der Waals surface area contributed by atoms with E-state index in [1.165, 1.54) is 12.8 Å². The largest absolute Gasteiger partial charge is 0.353 e. The molecule has 0 aromatic heterocycles. The Bertz CT molecular complexity index is 419. The third-order valence-electron chi connectivity index (χ3n) is 5.69. The zero-order valence-electron chi connectivity index (χ0n) is 12.7. The van der Waals surface area contributed by atoms with Crippen molar-refractivity contribution in [2.45, 2.75) is 58.4 Å². The number of amides is 2. The summed E-state index contributed by atoms with van der Waals surface area (Å²) in [4.78, 5) is 26.3. The SMILES string of the molecule is CC1(C)CCCC1C(=O)N1CCC2NC(=O)CCC2C1. The monoisotopic (exact) mass is 278 g/mol. The average Bonchev–Trinajstić information content (AvgIpc) is 2.77. The van der Waals surface area contributed by atoms with Crippen LogP contribution in [0.1, 0.15) is 52.4 Å². The molecule has 3 aliphatic rings. The van der Waals surface area contributed by atoms with E-state index in [4.69, 9.17) is 0 Å².